The summed E-state index contributed by atoms with van der Waals surface area (Å²) in [5, 5.41) is 24.8. The molecule has 41 heavy (non-hydrogen) atoms. The van der Waals surface area contributed by atoms with Crippen molar-refractivity contribution in [2.24, 2.45) is 0 Å². The van der Waals surface area contributed by atoms with E-state index in [2.05, 4.69) is 15.0 Å². The minimum atomic E-state index is -0.0695. The molecule has 0 unspecified atom stereocenters. The van der Waals surface area contributed by atoms with E-state index in [1.165, 1.54) is 0 Å². The topological polar surface area (TPSA) is 138 Å². The number of ether oxygens (including phenoxy) is 3. The molecule has 0 spiro atoms. The Morgan fingerprint density at radius 3 is 1.32 bits per heavy atom. The van der Waals surface area contributed by atoms with Crippen molar-refractivity contribution in [3.8, 4) is 17.2 Å². The van der Waals surface area contributed by atoms with Crippen LogP contribution in [-0.4, -0.2) is 32.6 Å². The molecule has 3 N–H and O–H groups in total. The van der Waals surface area contributed by atoms with Gasteiger partial charge in [-0.1, -0.05) is 24.3 Å². The maximum Gasteiger partial charge on any atom is 0.220 e. The lowest BCUT2D eigenvalue weighted by Gasteiger charge is -2.12. The van der Waals surface area contributed by atoms with Gasteiger partial charge in [0.15, 0.2) is 0 Å². The molecule has 2 aromatic carbocycles. The minimum absolute atomic E-state index is 0.0134. The van der Waals surface area contributed by atoms with Gasteiger partial charge in [0.2, 0.25) is 17.7 Å². The van der Waals surface area contributed by atoms with Gasteiger partial charge in [-0.2, -0.15) is 0 Å². The summed E-state index contributed by atoms with van der Waals surface area (Å²) in [5.74, 6) is 1.14. The van der Waals surface area contributed by atoms with Gasteiger partial charge in [0.25, 0.3) is 0 Å². The number of nitrogens with zero attached hydrogens (tertiary/aromatic N) is 3. The summed E-state index contributed by atoms with van der Waals surface area (Å²) in [6.45, 7) is 0. The number of hydrogen-bond acceptors (Lipinski definition) is 9. The van der Waals surface area contributed by atoms with Crippen LogP contribution in [0.25, 0.3) is 12.2 Å². The second-order valence-electron chi connectivity index (χ2n) is 8.66. The number of hydrogen-bond donors (Lipinski definition) is 3. The Hall–Kier alpha value is -5.96. The number of benzene rings is 2. The van der Waals surface area contributed by atoms with Crippen LogP contribution >= 0.6 is 0 Å². The smallest absolute Gasteiger partial charge is 0.220 e. The summed E-state index contributed by atoms with van der Waals surface area (Å²) in [4.78, 5) is 12.1. The molecule has 0 radical (unpaired) electrons. The second-order valence-corrected chi connectivity index (χ2v) is 8.66. The molecule has 3 aromatic heterocycles. The lowest BCUT2D eigenvalue weighted by atomic mass is 10.1. The molecule has 0 fully saturated rings. The Balaban J connectivity index is 1.34. The number of aromatic nitrogens is 3. The Morgan fingerprint density at radius 2 is 0.902 bits per heavy atom. The first-order valence-electron chi connectivity index (χ1n) is 12.5. The molecular formula is C32H24N6O3. The molecule has 0 amide bonds. The molecular weight excluding hydrogens is 516 g/mol. The highest BCUT2D eigenvalue weighted by molar-refractivity contribution is 5.94. The van der Waals surface area contributed by atoms with Gasteiger partial charge in [-0.05, 0) is 71.8 Å². The Morgan fingerprint density at radius 1 is 0.488 bits per heavy atom. The van der Waals surface area contributed by atoms with Crippen LogP contribution < -0.4 is 14.2 Å². The zero-order valence-electron chi connectivity index (χ0n) is 21.7. The van der Waals surface area contributed by atoms with Gasteiger partial charge in [0, 0.05) is 43.2 Å². The molecule has 200 valence electrons. The van der Waals surface area contributed by atoms with Gasteiger partial charge in [0.05, 0.1) is 16.7 Å². The first-order chi connectivity index (χ1) is 20.0. The SMILES string of the molecule is N=C(Oc1ccc(/C=C/c2cc(OC(=N)c3cccnc3)cc(OC(=N)c3cccnc3)c2)cc1)c1cccnc1. The Labute approximate surface area is 236 Å². The van der Waals surface area contributed by atoms with Gasteiger partial charge >= 0.3 is 0 Å². The van der Waals surface area contributed by atoms with E-state index in [9.17, 15) is 0 Å². The quantitative estimate of drug-likeness (QED) is 0.121. The number of rotatable bonds is 8. The van der Waals surface area contributed by atoms with E-state index in [4.69, 9.17) is 30.4 Å². The largest absolute Gasteiger partial charge is 0.439 e. The molecule has 0 bridgehead atoms. The molecule has 0 saturated heterocycles. The fraction of sp³-hybridized carbons (Fsp3) is 0. The van der Waals surface area contributed by atoms with Crippen LogP contribution in [0, 0.1) is 16.2 Å². The summed E-state index contributed by atoms with van der Waals surface area (Å²) in [7, 11) is 0. The maximum absolute atomic E-state index is 8.34. The van der Waals surface area contributed by atoms with E-state index in [-0.39, 0.29) is 17.7 Å². The van der Waals surface area contributed by atoms with Gasteiger partial charge in [-0.25, -0.2) is 0 Å². The average molecular weight is 541 g/mol. The standard InChI is InChI=1S/C32H24N6O3/c33-30(24-4-1-13-36-19-24)39-27-11-9-22(10-12-27)7-8-23-16-28(40-31(34)25-5-2-14-37-20-25)18-29(17-23)41-32(35)26-6-3-15-38-21-26/h1-21,33-35H/b8-7+,33-30?,34-31?,35-32?. The summed E-state index contributed by atoms with van der Waals surface area (Å²) in [5.41, 5.74) is 3.26. The minimum Gasteiger partial charge on any atom is -0.439 e. The zero-order valence-corrected chi connectivity index (χ0v) is 21.7. The van der Waals surface area contributed by atoms with Crippen LogP contribution in [0.4, 0.5) is 0 Å². The summed E-state index contributed by atoms with van der Waals surface area (Å²) >= 11 is 0. The van der Waals surface area contributed by atoms with Gasteiger partial charge in [-0.15, -0.1) is 0 Å². The Bertz CT molecular complexity index is 1620. The monoisotopic (exact) mass is 540 g/mol. The van der Waals surface area contributed by atoms with Crippen LogP contribution in [0.2, 0.25) is 0 Å². The van der Waals surface area contributed by atoms with Crippen molar-refractivity contribution >= 4 is 29.8 Å². The number of pyridine rings is 3. The van der Waals surface area contributed by atoms with Crippen LogP contribution in [0.15, 0.2) is 116 Å². The van der Waals surface area contributed by atoms with Gasteiger partial charge in [0.1, 0.15) is 17.2 Å². The molecule has 0 saturated carbocycles. The highest BCUT2D eigenvalue weighted by Crippen LogP contribution is 2.26. The van der Waals surface area contributed by atoms with Crippen molar-refractivity contribution in [3.05, 3.63) is 144 Å². The van der Waals surface area contributed by atoms with Gasteiger partial charge < -0.3 is 14.2 Å². The second kappa shape index (κ2) is 12.7. The fourth-order valence-electron chi connectivity index (χ4n) is 3.67. The fourth-order valence-corrected chi connectivity index (χ4v) is 3.67. The van der Waals surface area contributed by atoms with Crippen LogP contribution in [0.3, 0.4) is 0 Å². The predicted octanol–water partition coefficient (Wildman–Crippen LogP) is 6.26. The Kier molecular flexibility index (Phi) is 8.27. The van der Waals surface area contributed by atoms with Gasteiger partial charge in [-0.3, -0.25) is 31.2 Å². The first kappa shape index (κ1) is 26.6. The first-order valence-corrected chi connectivity index (χ1v) is 12.5. The molecule has 3 heterocycles. The molecule has 5 aromatic rings. The lowest BCUT2D eigenvalue weighted by molar-refractivity contribution is 0.523. The van der Waals surface area contributed by atoms with Crippen molar-refractivity contribution in [2.75, 3.05) is 0 Å². The summed E-state index contributed by atoms with van der Waals surface area (Å²) in [6, 6.07) is 22.9. The third kappa shape index (κ3) is 7.33. The van der Waals surface area contributed by atoms with E-state index < -0.39 is 0 Å². The van der Waals surface area contributed by atoms with E-state index in [1.54, 1.807) is 104 Å². The molecule has 5 rings (SSSR count). The normalized spacial score (nSPS) is 10.6. The van der Waals surface area contributed by atoms with Crippen molar-refractivity contribution in [2.45, 2.75) is 0 Å². The average Bonchev–Trinajstić information content (AvgIpc) is 3.02. The molecule has 0 aliphatic heterocycles. The van der Waals surface area contributed by atoms with E-state index in [1.807, 2.05) is 24.3 Å². The third-order valence-electron chi connectivity index (χ3n) is 5.68. The van der Waals surface area contributed by atoms with E-state index in [0.717, 1.165) is 11.1 Å². The molecule has 0 aliphatic rings. The highest BCUT2D eigenvalue weighted by atomic mass is 16.5. The molecule has 9 nitrogen and oxygen atoms in total. The van der Waals surface area contributed by atoms with E-state index in [0.29, 0.717) is 33.9 Å². The van der Waals surface area contributed by atoms with E-state index >= 15 is 0 Å². The molecule has 0 atom stereocenters. The third-order valence-corrected chi connectivity index (χ3v) is 5.68. The predicted molar refractivity (Wildman–Crippen MR) is 157 cm³/mol. The van der Waals surface area contributed by atoms with Crippen molar-refractivity contribution < 1.29 is 14.2 Å². The zero-order chi connectivity index (χ0) is 28.4. The summed E-state index contributed by atoms with van der Waals surface area (Å²) in [6.07, 6.45) is 13.3. The van der Waals surface area contributed by atoms with Crippen LogP contribution in [0.1, 0.15) is 27.8 Å². The van der Waals surface area contributed by atoms with Crippen molar-refractivity contribution in [1.82, 2.24) is 15.0 Å². The highest BCUT2D eigenvalue weighted by Gasteiger charge is 2.11. The number of nitrogens with one attached hydrogen (secondary N) is 3. The lowest BCUT2D eigenvalue weighted by Crippen LogP contribution is -2.11. The van der Waals surface area contributed by atoms with Crippen molar-refractivity contribution in [3.63, 3.8) is 0 Å². The summed E-state index contributed by atoms with van der Waals surface area (Å²) < 4.78 is 17.3. The van der Waals surface area contributed by atoms with Crippen LogP contribution in [-0.2, 0) is 0 Å². The maximum atomic E-state index is 8.34. The molecule has 9 heteroatoms. The van der Waals surface area contributed by atoms with Crippen LogP contribution in [0.5, 0.6) is 17.2 Å². The molecule has 0 aliphatic carbocycles. The van der Waals surface area contributed by atoms with Crippen molar-refractivity contribution in [1.29, 1.82) is 16.2 Å².